The third-order valence-corrected chi connectivity index (χ3v) is 3.71. The number of aromatic nitrogens is 1. The van der Waals surface area contributed by atoms with Gasteiger partial charge in [0.15, 0.2) is 0 Å². The second-order valence-corrected chi connectivity index (χ2v) is 5.17. The van der Waals surface area contributed by atoms with Gasteiger partial charge >= 0.3 is 0 Å². The Bertz CT molecular complexity index is 645. The van der Waals surface area contributed by atoms with E-state index >= 15 is 0 Å². The Balaban J connectivity index is 1.66. The van der Waals surface area contributed by atoms with Crippen LogP contribution in [0.3, 0.4) is 0 Å². The summed E-state index contributed by atoms with van der Waals surface area (Å²) in [7, 11) is 1.57. The maximum atomic E-state index is 12.6. The van der Waals surface area contributed by atoms with Crippen LogP contribution in [0.1, 0.15) is 16.8 Å². The Kier molecular flexibility index (Phi) is 4.23. The van der Waals surface area contributed by atoms with E-state index in [1.807, 2.05) is 24.3 Å². The summed E-state index contributed by atoms with van der Waals surface area (Å²) >= 11 is 0. The van der Waals surface area contributed by atoms with Gasteiger partial charge in [0.1, 0.15) is 17.6 Å². The van der Waals surface area contributed by atoms with Gasteiger partial charge < -0.3 is 14.4 Å². The van der Waals surface area contributed by atoms with Crippen LogP contribution in [0.5, 0.6) is 11.5 Å². The highest BCUT2D eigenvalue weighted by atomic mass is 16.5. The number of para-hydroxylation sites is 1. The minimum atomic E-state index is -0.0188. The molecule has 5 nitrogen and oxygen atoms in total. The SMILES string of the molecule is COc1ccccc1C(=O)N1CCC(Oc2cccnc2)C1. The van der Waals surface area contributed by atoms with Gasteiger partial charge in [0, 0.05) is 19.2 Å². The van der Waals surface area contributed by atoms with Crippen molar-refractivity contribution in [1.82, 2.24) is 9.88 Å². The number of ether oxygens (including phenoxy) is 2. The molecule has 0 bridgehead atoms. The standard InChI is InChI=1S/C17H18N2O3/c1-21-16-7-3-2-6-15(16)17(20)19-10-8-14(12-19)22-13-5-4-9-18-11-13/h2-7,9,11,14H,8,10,12H2,1H3. The van der Waals surface area contributed by atoms with Crippen molar-refractivity contribution in [3.8, 4) is 11.5 Å². The van der Waals surface area contributed by atoms with Crippen molar-refractivity contribution in [1.29, 1.82) is 0 Å². The predicted octanol–water partition coefficient (Wildman–Crippen LogP) is 2.38. The zero-order valence-electron chi connectivity index (χ0n) is 12.4. The highest BCUT2D eigenvalue weighted by Crippen LogP contribution is 2.23. The maximum absolute atomic E-state index is 12.6. The molecule has 22 heavy (non-hydrogen) atoms. The Morgan fingerprint density at radius 3 is 2.91 bits per heavy atom. The first kappa shape index (κ1) is 14.4. The molecule has 1 atom stereocenters. The smallest absolute Gasteiger partial charge is 0.257 e. The predicted molar refractivity (Wildman–Crippen MR) is 82.2 cm³/mol. The van der Waals surface area contributed by atoms with Crippen LogP contribution in [0.4, 0.5) is 0 Å². The van der Waals surface area contributed by atoms with E-state index in [0.717, 1.165) is 12.2 Å². The topological polar surface area (TPSA) is 51.7 Å². The van der Waals surface area contributed by atoms with Crippen LogP contribution >= 0.6 is 0 Å². The third-order valence-electron chi connectivity index (χ3n) is 3.71. The quantitative estimate of drug-likeness (QED) is 0.869. The monoisotopic (exact) mass is 298 g/mol. The van der Waals surface area contributed by atoms with Crippen molar-refractivity contribution in [2.45, 2.75) is 12.5 Å². The number of pyridine rings is 1. The number of methoxy groups -OCH3 is 1. The average molecular weight is 298 g/mol. The van der Waals surface area contributed by atoms with Crippen molar-refractivity contribution in [3.63, 3.8) is 0 Å². The van der Waals surface area contributed by atoms with Gasteiger partial charge in [-0.2, -0.15) is 0 Å². The lowest BCUT2D eigenvalue weighted by atomic mass is 10.2. The molecule has 1 aromatic carbocycles. The number of benzene rings is 1. The van der Waals surface area contributed by atoms with Gasteiger partial charge in [0.2, 0.25) is 0 Å². The Morgan fingerprint density at radius 2 is 2.14 bits per heavy atom. The Labute approximate surface area is 129 Å². The van der Waals surface area contributed by atoms with Crippen LogP contribution in [0, 0.1) is 0 Å². The summed E-state index contributed by atoms with van der Waals surface area (Å²) in [5, 5.41) is 0. The van der Waals surface area contributed by atoms with Crippen LogP contribution < -0.4 is 9.47 Å². The van der Waals surface area contributed by atoms with E-state index in [1.54, 1.807) is 36.5 Å². The maximum Gasteiger partial charge on any atom is 0.257 e. The van der Waals surface area contributed by atoms with Crippen LogP contribution in [0.2, 0.25) is 0 Å². The molecule has 2 aromatic rings. The zero-order chi connectivity index (χ0) is 15.4. The van der Waals surface area contributed by atoms with Gasteiger partial charge in [-0.05, 0) is 24.3 Å². The van der Waals surface area contributed by atoms with Crippen molar-refractivity contribution >= 4 is 5.91 Å². The summed E-state index contributed by atoms with van der Waals surface area (Å²) < 4.78 is 11.1. The molecular weight excluding hydrogens is 280 g/mol. The molecule has 1 saturated heterocycles. The minimum absolute atomic E-state index is 0.00265. The van der Waals surface area contributed by atoms with Gasteiger partial charge in [-0.25, -0.2) is 0 Å². The summed E-state index contributed by atoms with van der Waals surface area (Å²) in [6.07, 6.45) is 4.21. The lowest BCUT2D eigenvalue weighted by molar-refractivity contribution is 0.0769. The first-order valence-corrected chi connectivity index (χ1v) is 7.27. The second kappa shape index (κ2) is 6.47. The largest absolute Gasteiger partial charge is 0.496 e. The molecule has 3 rings (SSSR count). The van der Waals surface area contributed by atoms with Gasteiger partial charge in [0.05, 0.1) is 25.4 Å². The molecule has 1 aliphatic rings. The fraction of sp³-hybridized carbons (Fsp3) is 0.294. The average Bonchev–Trinajstić information content (AvgIpc) is 3.03. The van der Waals surface area contributed by atoms with Crippen molar-refractivity contribution in [3.05, 3.63) is 54.4 Å². The highest BCUT2D eigenvalue weighted by Gasteiger charge is 2.29. The first-order chi connectivity index (χ1) is 10.8. The van der Waals surface area contributed by atoms with Gasteiger partial charge in [-0.1, -0.05) is 12.1 Å². The van der Waals surface area contributed by atoms with E-state index in [4.69, 9.17) is 9.47 Å². The molecule has 0 saturated carbocycles. The van der Waals surface area contributed by atoms with Crippen molar-refractivity contribution < 1.29 is 14.3 Å². The number of nitrogens with zero attached hydrogens (tertiary/aromatic N) is 2. The fourth-order valence-corrected chi connectivity index (χ4v) is 2.61. The number of hydrogen-bond donors (Lipinski definition) is 0. The summed E-state index contributed by atoms with van der Waals surface area (Å²) in [6, 6.07) is 11.0. The lowest BCUT2D eigenvalue weighted by Gasteiger charge is -2.18. The van der Waals surface area contributed by atoms with Gasteiger partial charge in [0.25, 0.3) is 5.91 Å². The van der Waals surface area contributed by atoms with E-state index in [2.05, 4.69) is 4.98 Å². The summed E-state index contributed by atoms with van der Waals surface area (Å²) in [6.45, 7) is 1.26. The molecule has 0 N–H and O–H groups in total. The normalized spacial score (nSPS) is 17.3. The summed E-state index contributed by atoms with van der Waals surface area (Å²) in [5.41, 5.74) is 0.590. The highest BCUT2D eigenvalue weighted by molar-refractivity contribution is 5.97. The molecule has 0 spiro atoms. The molecule has 0 aliphatic carbocycles. The number of amides is 1. The van der Waals surface area contributed by atoms with Crippen LogP contribution in [0.25, 0.3) is 0 Å². The zero-order valence-corrected chi connectivity index (χ0v) is 12.4. The molecular formula is C17H18N2O3. The molecule has 2 heterocycles. The molecule has 114 valence electrons. The summed E-state index contributed by atoms with van der Waals surface area (Å²) in [5.74, 6) is 1.32. The Hall–Kier alpha value is -2.56. The molecule has 1 amide bonds. The molecule has 1 aliphatic heterocycles. The summed E-state index contributed by atoms with van der Waals surface area (Å²) in [4.78, 5) is 18.4. The number of rotatable bonds is 4. The van der Waals surface area contributed by atoms with Gasteiger partial charge in [-0.15, -0.1) is 0 Å². The van der Waals surface area contributed by atoms with E-state index in [0.29, 0.717) is 24.4 Å². The first-order valence-electron chi connectivity index (χ1n) is 7.27. The number of carbonyl (C=O) groups is 1. The molecule has 1 aromatic heterocycles. The third kappa shape index (κ3) is 3.03. The number of carbonyl (C=O) groups excluding carboxylic acids is 1. The second-order valence-electron chi connectivity index (χ2n) is 5.17. The molecule has 0 radical (unpaired) electrons. The van der Waals surface area contributed by atoms with E-state index in [-0.39, 0.29) is 12.0 Å². The lowest BCUT2D eigenvalue weighted by Crippen LogP contribution is -2.31. The molecule has 5 heteroatoms. The van der Waals surface area contributed by atoms with E-state index in [9.17, 15) is 4.79 Å². The molecule has 1 unspecified atom stereocenters. The fourth-order valence-electron chi connectivity index (χ4n) is 2.61. The van der Waals surface area contributed by atoms with Crippen molar-refractivity contribution in [2.24, 2.45) is 0 Å². The van der Waals surface area contributed by atoms with E-state index in [1.165, 1.54) is 0 Å². The van der Waals surface area contributed by atoms with Crippen molar-refractivity contribution in [2.75, 3.05) is 20.2 Å². The molecule has 1 fully saturated rings. The number of hydrogen-bond acceptors (Lipinski definition) is 4. The van der Waals surface area contributed by atoms with Gasteiger partial charge in [-0.3, -0.25) is 9.78 Å². The number of likely N-dealkylation sites (tertiary alicyclic amines) is 1. The minimum Gasteiger partial charge on any atom is -0.496 e. The van der Waals surface area contributed by atoms with Crippen LogP contribution in [0.15, 0.2) is 48.8 Å². The van der Waals surface area contributed by atoms with Crippen LogP contribution in [-0.2, 0) is 0 Å². The van der Waals surface area contributed by atoms with Crippen LogP contribution in [-0.4, -0.2) is 42.1 Å². The Morgan fingerprint density at radius 1 is 1.27 bits per heavy atom. The van der Waals surface area contributed by atoms with E-state index < -0.39 is 0 Å².